The first-order chi connectivity index (χ1) is 8.16. The standard InChI is InChI=1S/C14H20ClNO/c1-10-4-2-3-5-14(10)17-9-11-6-7-12(16)8-13(11)15/h6-8,10,14H,2-5,9,16H2,1H3. The van der Waals surface area contributed by atoms with Crippen LogP contribution in [0.1, 0.15) is 38.2 Å². The lowest BCUT2D eigenvalue weighted by molar-refractivity contribution is -0.0154. The normalized spacial score (nSPS) is 24.8. The molecule has 0 saturated heterocycles. The highest BCUT2D eigenvalue weighted by Crippen LogP contribution is 2.28. The van der Waals surface area contributed by atoms with Crippen molar-refractivity contribution in [2.24, 2.45) is 5.92 Å². The van der Waals surface area contributed by atoms with Crippen molar-refractivity contribution in [2.45, 2.75) is 45.3 Å². The van der Waals surface area contributed by atoms with Crippen molar-refractivity contribution in [3.8, 4) is 0 Å². The fourth-order valence-electron chi connectivity index (χ4n) is 2.41. The Hall–Kier alpha value is -0.730. The zero-order chi connectivity index (χ0) is 12.3. The van der Waals surface area contributed by atoms with Crippen molar-refractivity contribution < 1.29 is 4.74 Å². The molecule has 1 aromatic rings. The van der Waals surface area contributed by atoms with E-state index >= 15 is 0 Å². The maximum atomic E-state index is 6.12. The molecule has 0 amide bonds. The van der Waals surface area contributed by atoms with Crippen LogP contribution >= 0.6 is 11.6 Å². The predicted molar refractivity (Wildman–Crippen MR) is 72.1 cm³/mol. The minimum absolute atomic E-state index is 0.386. The molecule has 0 radical (unpaired) electrons. The molecule has 2 nitrogen and oxygen atoms in total. The number of nitrogen functional groups attached to an aromatic ring is 1. The molecule has 0 aromatic heterocycles. The first kappa shape index (κ1) is 12.7. The molecule has 1 saturated carbocycles. The lowest BCUT2D eigenvalue weighted by Crippen LogP contribution is -2.25. The SMILES string of the molecule is CC1CCCCC1OCc1ccc(N)cc1Cl. The van der Waals surface area contributed by atoms with Crippen molar-refractivity contribution >= 4 is 17.3 Å². The van der Waals surface area contributed by atoms with Crippen molar-refractivity contribution in [3.63, 3.8) is 0 Å². The van der Waals surface area contributed by atoms with E-state index in [4.69, 9.17) is 22.1 Å². The van der Waals surface area contributed by atoms with Crippen LogP contribution in [0, 0.1) is 5.92 Å². The van der Waals surface area contributed by atoms with Gasteiger partial charge in [0.1, 0.15) is 0 Å². The maximum Gasteiger partial charge on any atom is 0.0735 e. The molecule has 1 aromatic carbocycles. The van der Waals surface area contributed by atoms with Gasteiger partial charge >= 0.3 is 0 Å². The Morgan fingerprint density at radius 3 is 2.82 bits per heavy atom. The van der Waals surface area contributed by atoms with E-state index in [1.54, 1.807) is 6.07 Å². The molecular weight excluding hydrogens is 234 g/mol. The lowest BCUT2D eigenvalue weighted by atomic mass is 9.88. The Morgan fingerprint density at radius 1 is 1.35 bits per heavy atom. The predicted octanol–water partition coefficient (Wildman–Crippen LogP) is 4.02. The monoisotopic (exact) mass is 253 g/mol. The van der Waals surface area contributed by atoms with Gasteiger partial charge in [-0.3, -0.25) is 0 Å². The summed E-state index contributed by atoms with van der Waals surface area (Å²) < 4.78 is 5.98. The fraction of sp³-hybridized carbons (Fsp3) is 0.571. The Labute approximate surface area is 108 Å². The molecule has 2 rings (SSSR count). The molecule has 94 valence electrons. The summed E-state index contributed by atoms with van der Waals surface area (Å²) in [4.78, 5) is 0. The van der Waals surface area contributed by atoms with Gasteiger partial charge in [0.05, 0.1) is 12.7 Å². The molecule has 2 unspecified atom stereocenters. The summed E-state index contributed by atoms with van der Waals surface area (Å²) in [6, 6.07) is 5.60. The van der Waals surface area contributed by atoms with Crippen LogP contribution < -0.4 is 5.73 Å². The summed E-state index contributed by atoms with van der Waals surface area (Å²) in [5, 5.41) is 0.702. The van der Waals surface area contributed by atoms with E-state index in [1.165, 1.54) is 25.7 Å². The lowest BCUT2D eigenvalue weighted by Gasteiger charge is -2.28. The van der Waals surface area contributed by atoms with Crippen LogP contribution in [-0.4, -0.2) is 6.10 Å². The van der Waals surface area contributed by atoms with Gasteiger partial charge in [-0.25, -0.2) is 0 Å². The number of anilines is 1. The molecule has 1 fully saturated rings. The third kappa shape index (κ3) is 3.36. The van der Waals surface area contributed by atoms with Gasteiger partial charge < -0.3 is 10.5 Å². The van der Waals surface area contributed by atoms with Gasteiger partial charge in [0, 0.05) is 10.7 Å². The number of benzene rings is 1. The summed E-state index contributed by atoms with van der Waals surface area (Å²) >= 11 is 6.12. The fourth-order valence-corrected chi connectivity index (χ4v) is 2.65. The van der Waals surface area contributed by atoms with Crippen LogP contribution in [0.5, 0.6) is 0 Å². The largest absolute Gasteiger partial charge is 0.399 e. The third-order valence-corrected chi connectivity index (χ3v) is 3.91. The minimum atomic E-state index is 0.386. The van der Waals surface area contributed by atoms with Crippen molar-refractivity contribution in [1.82, 2.24) is 0 Å². The Balaban J connectivity index is 1.92. The van der Waals surface area contributed by atoms with Gasteiger partial charge in [0.25, 0.3) is 0 Å². The van der Waals surface area contributed by atoms with Gasteiger partial charge in [-0.2, -0.15) is 0 Å². The van der Waals surface area contributed by atoms with E-state index in [9.17, 15) is 0 Å². The number of halogens is 1. The average Bonchev–Trinajstić information content (AvgIpc) is 2.30. The zero-order valence-electron chi connectivity index (χ0n) is 10.3. The van der Waals surface area contributed by atoms with Crippen LogP contribution in [0.25, 0.3) is 0 Å². The van der Waals surface area contributed by atoms with E-state index in [1.807, 2.05) is 12.1 Å². The highest BCUT2D eigenvalue weighted by atomic mass is 35.5. The number of hydrogen-bond donors (Lipinski definition) is 1. The van der Waals surface area contributed by atoms with E-state index in [-0.39, 0.29) is 0 Å². The summed E-state index contributed by atoms with van der Waals surface area (Å²) in [5.41, 5.74) is 7.39. The van der Waals surface area contributed by atoms with Crippen molar-refractivity contribution in [2.75, 3.05) is 5.73 Å². The number of hydrogen-bond acceptors (Lipinski definition) is 2. The van der Waals surface area contributed by atoms with Gasteiger partial charge in [-0.1, -0.05) is 37.4 Å². The topological polar surface area (TPSA) is 35.2 Å². The highest BCUT2D eigenvalue weighted by Gasteiger charge is 2.21. The molecular formula is C14H20ClNO. The van der Waals surface area contributed by atoms with Gasteiger partial charge in [0.15, 0.2) is 0 Å². The minimum Gasteiger partial charge on any atom is -0.399 e. The van der Waals surface area contributed by atoms with Crippen molar-refractivity contribution in [3.05, 3.63) is 28.8 Å². The third-order valence-electron chi connectivity index (χ3n) is 3.56. The first-order valence-corrected chi connectivity index (χ1v) is 6.70. The molecule has 2 N–H and O–H groups in total. The molecule has 1 aliphatic rings. The summed E-state index contributed by atoms with van der Waals surface area (Å²) in [6.45, 7) is 2.86. The van der Waals surface area contributed by atoms with E-state index in [0.29, 0.717) is 29.3 Å². The zero-order valence-corrected chi connectivity index (χ0v) is 11.0. The number of nitrogens with two attached hydrogens (primary N) is 1. The van der Waals surface area contributed by atoms with Crippen LogP contribution in [0.3, 0.4) is 0 Å². The van der Waals surface area contributed by atoms with E-state index in [0.717, 1.165) is 5.56 Å². The molecule has 1 aliphatic carbocycles. The summed E-state index contributed by atoms with van der Waals surface area (Å²) in [7, 11) is 0. The van der Waals surface area contributed by atoms with Crippen LogP contribution in [0.4, 0.5) is 5.69 Å². The second kappa shape index (κ2) is 5.74. The molecule has 3 heteroatoms. The Bertz CT molecular complexity index is 380. The number of ether oxygens (including phenoxy) is 1. The maximum absolute atomic E-state index is 6.12. The van der Waals surface area contributed by atoms with E-state index in [2.05, 4.69) is 6.92 Å². The summed E-state index contributed by atoms with van der Waals surface area (Å²) in [6.07, 6.45) is 5.46. The molecule has 0 aliphatic heterocycles. The average molecular weight is 254 g/mol. The van der Waals surface area contributed by atoms with Gasteiger partial charge in [0.2, 0.25) is 0 Å². The van der Waals surface area contributed by atoms with Gasteiger partial charge in [-0.05, 0) is 36.5 Å². The Morgan fingerprint density at radius 2 is 2.12 bits per heavy atom. The first-order valence-electron chi connectivity index (χ1n) is 6.32. The van der Waals surface area contributed by atoms with Gasteiger partial charge in [-0.15, -0.1) is 0 Å². The van der Waals surface area contributed by atoms with Crippen LogP contribution in [-0.2, 0) is 11.3 Å². The molecule has 17 heavy (non-hydrogen) atoms. The highest BCUT2D eigenvalue weighted by molar-refractivity contribution is 6.31. The quantitative estimate of drug-likeness (QED) is 0.826. The number of rotatable bonds is 3. The van der Waals surface area contributed by atoms with E-state index < -0.39 is 0 Å². The smallest absolute Gasteiger partial charge is 0.0735 e. The summed E-state index contributed by atoms with van der Waals surface area (Å²) in [5.74, 6) is 0.663. The molecule has 0 heterocycles. The second-order valence-electron chi connectivity index (χ2n) is 4.96. The Kier molecular flexibility index (Phi) is 4.30. The molecule has 0 spiro atoms. The molecule has 2 atom stereocenters. The molecule has 0 bridgehead atoms. The second-order valence-corrected chi connectivity index (χ2v) is 5.37. The van der Waals surface area contributed by atoms with Crippen LogP contribution in [0.15, 0.2) is 18.2 Å². The van der Waals surface area contributed by atoms with Crippen molar-refractivity contribution in [1.29, 1.82) is 0 Å². The van der Waals surface area contributed by atoms with Crippen LogP contribution in [0.2, 0.25) is 5.02 Å².